The molecule has 0 aliphatic carbocycles. The minimum atomic E-state index is -0.526. The zero-order valence-electron chi connectivity index (χ0n) is 15.6. The fourth-order valence-electron chi connectivity index (χ4n) is 2.42. The molecule has 0 saturated heterocycles. The van der Waals surface area contributed by atoms with Crippen LogP contribution in [-0.4, -0.2) is 32.7 Å². The van der Waals surface area contributed by atoms with Crippen LogP contribution in [0.4, 0.5) is 16.5 Å². The van der Waals surface area contributed by atoms with Gasteiger partial charge in [0.2, 0.25) is 16.9 Å². The Morgan fingerprint density at radius 1 is 1.03 bits per heavy atom. The van der Waals surface area contributed by atoms with Gasteiger partial charge in [-0.15, -0.1) is 10.2 Å². The van der Waals surface area contributed by atoms with Crippen LogP contribution in [0.3, 0.4) is 0 Å². The smallest absolute Gasteiger partial charge is 0.271 e. The molecule has 3 aromatic rings. The van der Waals surface area contributed by atoms with Crippen molar-refractivity contribution in [1.29, 1.82) is 0 Å². The molecule has 0 aliphatic rings. The Balaban J connectivity index is 1.43. The summed E-state index contributed by atoms with van der Waals surface area (Å²) in [5.74, 6) is -0.432. The quantitative estimate of drug-likeness (QED) is 0.223. The van der Waals surface area contributed by atoms with Crippen LogP contribution in [-0.2, 0) is 16.0 Å². The van der Waals surface area contributed by atoms with E-state index in [0.29, 0.717) is 28.0 Å². The molecule has 11 heteroatoms. The summed E-state index contributed by atoms with van der Waals surface area (Å²) in [4.78, 5) is 34.4. The zero-order chi connectivity index (χ0) is 21.3. The largest absolute Gasteiger partial charge is 0.325 e. The van der Waals surface area contributed by atoms with Crippen molar-refractivity contribution in [2.24, 2.45) is 0 Å². The van der Waals surface area contributed by atoms with Gasteiger partial charge in [-0.25, -0.2) is 0 Å². The lowest BCUT2D eigenvalue weighted by Gasteiger charge is -2.03. The number of carbonyl (C=O) groups excluding carboxylic acids is 2. The van der Waals surface area contributed by atoms with Crippen molar-refractivity contribution >= 4 is 51.4 Å². The standard InChI is InChI=1S/C19H17N5O4S2/c25-16(10-9-13-5-2-1-3-6-13)21-18-22-23-19(30-18)29-12-17(26)20-14-7-4-8-15(11-14)24(27)28/h1-8,11H,9-10,12H2,(H,20,26)(H,21,22,25). The Labute approximate surface area is 180 Å². The van der Waals surface area contributed by atoms with Crippen molar-refractivity contribution < 1.29 is 14.5 Å². The Morgan fingerprint density at radius 2 is 1.83 bits per heavy atom. The van der Waals surface area contributed by atoms with E-state index in [-0.39, 0.29) is 23.3 Å². The predicted octanol–water partition coefficient (Wildman–Crippen LogP) is 3.75. The summed E-state index contributed by atoms with van der Waals surface area (Å²) < 4.78 is 0.530. The van der Waals surface area contributed by atoms with Crippen LogP contribution in [0.15, 0.2) is 58.9 Å². The van der Waals surface area contributed by atoms with Gasteiger partial charge in [0.1, 0.15) is 0 Å². The number of thioether (sulfide) groups is 1. The highest BCUT2D eigenvalue weighted by Crippen LogP contribution is 2.26. The Morgan fingerprint density at radius 3 is 2.60 bits per heavy atom. The van der Waals surface area contributed by atoms with Gasteiger partial charge in [0.15, 0.2) is 4.34 Å². The molecule has 0 unspecified atom stereocenters. The van der Waals surface area contributed by atoms with E-state index in [9.17, 15) is 19.7 Å². The first kappa shape index (κ1) is 21.4. The first-order valence-corrected chi connectivity index (χ1v) is 10.6. The number of amides is 2. The molecule has 0 atom stereocenters. The summed E-state index contributed by atoms with van der Waals surface area (Å²) >= 11 is 2.34. The number of non-ortho nitro benzene ring substituents is 1. The summed E-state index contributed by atoms with van der Waals surface area (Å²) in [5.41, 5.74) is 1.33. The minimum absolute atomic E-state index is 0.0548. The van der Waals surface area contributed by atoms with E-state index in [1.54, 1.807) is 6.07 Å². The molecule has 0 saturated carbocycles. The lowest BCUT2D eigenvalue weighted by molar-refractivity contribution is -0.384. The first-order valence-electron chi connectivity index (χ1n) is 8.84. The van der Waals surface area contributed by atoms with E-state index < -0.39 is 4.92 Å². The van der Waals surface area contributed by atoms with Gasteiger partial charge in [0, 0.05) is 24.2 Å². The fraction of sp³-hybridized carbons (Fsp3) is 0.158. The van der Waals surface area contributed by atoms with E-state index >= 15 is 0 Å². The number of nitro benzene ring substituents is 1. The lowest BCUT2D eigenvalue weighted by atomic mass is 10.1. The van der Waals surface area contributed by atoms with E-state index in [1.807, 2.05) is 30.3 Å². The van der Waals surface area contributed by atoms with Crippen LogP contribution in [0.1, 0.15) is 12.0 Å². The molecule has 3 rings (SSSR count). The molecule has 0 aliphatic heterocycles. The van der Waals surface area contributed by atoms with Gasteiger partial charge in [0.25, 0.3) is 5.69 Å². The summed E-state index contributed by atoms with van der Waals surface area (Å²) in [5, 5.41) is 24.3. The van der Waals surface area contributed by atoms with E-state index in [1.165, 1.54) is 29.5 Å². The van der Waals surface area contributed by atoms with Crippen LogP contribution < -0.4 is 10.6 Å². The van der Waals surface area contributed by atoms with Crippen molar-refractivity contribution in [3.8, 4) is 0 Å². The zero-order valence-corrected chi connectivity index (χ0v) is 17.2. The number of hydrogen-bond acceptors (Lipinski definition) is 8. The third kappa shape index (κ3) is 6.64. The number of aromatic nitrogens is 2. The number of hydrogen-bond donors (Lipinski definition) is 2. The summed E-state index contributed by atoms with van der Waals surface area (Å²) in [7, 11) is 0. The van der Waals surface area contributed by atoms with Crippen molar-refractivity contribution in [2.75, 3.05) is 16.4 Å². The lowest BCUT2D eigenvalue weighted by Crippen LogP contribution is -2.14. The fourth-order valence-corrected chi connectivity index (χ4v) is 3.99. The maximum atomic E-state index is 12.1. The molecule has 0 bridgehead atoms. The molecule has 30 heavy (non-hydrogen) atoms. The number of aryl methyl sites for hydroxylation is 1. The average molecular weight is 444 g/mol. The number of nitro groups is 1. The molecule has 1 aromatic heterocycles. The number of carbonyl (C=O) groups is 2. The van der Waals surface area contributed by atoms with Crippen LogP contribution in [0, 0.1) is 10.1 Å². The van der Waals surface area contributed by atoms with Crippen molar-refractivity contribution in [3.05, 3.63) is 70.3 Å². The van der Waals surface area contributed by atoms with E-state index in [4.69, 9.17) is 0 Å². The van der Waals surface area contributed by atoms with E-state index in [0.717, 1.165) is 17.3 Å². The summed E-state index contributed by atoms with van der Waals surface area (Å²) in [6.07, 6.45) is 0.961. The van der Waals surface area contributed by atoms with Gasteiger partial charge in [0.05, 0.1) is 10.7 Å². The van der Waals surface area contributed by atoms with Crippen LogP contribution in [0.2, 0.25) is 0 Å². The van der Waals surface area contributed by atoms with Gasteiger partial charge in [-0.2, -0.15) is 0 Å². The number of nitrogens with one attached hydrogen (secondary N) is 2. The van der Waals surface area contributed by atoms with E-state index in [2.05, 4.69) is 20.8 Å². The minimum Gasteiger partial charge on any atom is -0.325 e. The molecule has 2 aromatic carbocycles. The van der Waals surface area contributed by atoms with Crippen molar-refractivity contribution in [1.82, 2.24) is 10.2 Å². The SMILES string of the molecule is O=C(CSc1nnc(NC(=O)CCc2ccccc2)s1)Nc1cccc([N+](=O)[O-])c1. The highest BCUT2D eigenvalue weighted by Gasteiger charge is 2.12. The summed E-state index contributed by atoms with van der Waals surface area (Å²) in [6, 6.07) is 15.4. The summed E-state index contributed by atoms with van der Waals surface area (Å²) in [6.45, 7) is 0. The van der Waals surface area contributed by atoms with Crippen LogP contribution in [0.5, 0.6) is 0 Å². The molecule has 2 N–H and O–H groups in total. The van der Waals surface area contributed by atoms with Crippen molar-refractivity contribution in [3.63, 3.8) is 0 Å². The molecular formula is C19H17N5O4S2. The first-order chi connectivity index (χ1) is 14.5. The average Bonchev–Trinajstić information content (AvgIpc) is 3.19. The van der Waals surface area contributed by atoms with Gasteiger partial charge in [-0.1, -0.05) is 59.5 Å². The second-order valence-electron chi connectivity index (χ2n) is 6.05. The maximum absolute atomic E-state index is 12.1. The third-order valence-electron chi connectivity index (χ3n) is 3.80. The highest BCUT2D eigenvalue weighted by atomic mass is 32.2. The number of benzene rings is 2. The third-order valence-corrected chi connectivity index (χ3v) is 5.78. The molecule has 0 fully saturated rings. The number of nitrogens with zero attached hydrogens (tertiary/aromatic N) is 3. The second-order valence-corrected chi connectivity index (χ2v) is 8.25. The molecule has 0 radical (unpaired) electrons. The maximum Gasteiger partial charge on any atom is 0.271 e. The Bertz CT molecular complexity index is 1040. The molecule has 2 amide bonds. The van der Waals surface area contributed by atoms with Crippen LogP contribution >= 0.6 is 23.1 Å². The van der Waals surface area contributed by atoms with Gasteiger partial charge in [-0.05, 0) is 18.1 Å². The van der Waals surface area contributed by atoms with Gasteiger partial charge < -0.3 is 10.6 Å². The second kappa shape index (κ2) is 10.5. The van der Waals surface area contributed by atoms with Gasteiger partial charge >= 0.3 is 0 Å². The van der Waals surface area contributed by atoms with Crippen LogP contribution in [0.25, 0.3) is 0 Å². The molecule has 9 nitrogen and oxygen atoms in total. The highest BCUT2D eigenvalue weighted by molar-refractivity contribution is 8.01. The number of anilines is 2. The Hall–Kier alpha value is -3.31. The molecular weight excluding hydrogens is 426 g/mol. The Kier molecular flexibility index (Phi) is 7.46. The predicted molar refractivity (Wildman–Crippen MR) is 116 cm³/mol. The monoisotopic (exact) mass is 443 g/mol. The normalized spacial score (nSPS) is 10.4. The topological polar surface area (TPSA) is 127 Å². The van der Waals surface area contributed by atoms with Gasteiger partial charge in [-0.3, -0.25) is 19.7 Å². The molecule has 154 valence electrons. The molecule has 1 heterocycles. The number of rotatable bonds is 9. The van der Waals surface area contributed by atoms with Crippen molar-refractivity contribution in [2.45, 2.75) is 17.2 Å². The molecule has 0 spiro atoms.